The Morgan fingerprint density at radius 1 is 1.18 bits per heavy atom. The molecular formula is C15H23N5O2. The summed E-state index contributed by atoms with van der Waals surface area (Å²) in [6, 6.07) is 1.78. The molecule has 120 valence electrons. The molecule has 0 spiro atoms. The molecule has 1 aromatic rings. The molecule has 0 saturated carbocycles. The highest BCUT2D eigenvalue weighted by Gasteiger charge is 2.22. The standard InChI is InChI=1S/C15H23N5O2/c1-2-3-5-13(21)18-12-14(22)19-8-10-20(11-9-19)15-16-6-4-7-17-15/h4,6-7H,2-3,5,8-12H2,1H3,(H,18,21). The molecule has 2 amide bonds. The zero-order valence-corrected chi connectivity index (χ0v) is 13.0. The molecule has 0 aliphatic carbocycles. The van der Waals surface area contributed by atoms with E-state index in [9.17, 15) is 9.59 Å². The smallest absolute Gasteiger partial charge is 0.242 e. The molecule has 1 aromatic heterocycles. The third kappa shape index (κ3) is 4.68. The predicted octanol–water partition coefficient (Wildman–Crippen LogP) is 0.432. The van der Waals surface area contributed by atoms with Crippen LogP contribution in [-0.2, 0) is 9.59 Å². The van der Waals surface area contributed by atoms with Crippen LogP contribution in [0.4, 0.5) is 5.95 Å². The van der Waals surface area contributed by atoms with E-state index in [1.807, 2.05) is 6.92 Å². The number of aromatic nitrogens is 2. The van der Waals surface area contributed by atoms with Crippen molar-refractivity contribution in [2.75, 3.05) is 37.6 Å². The van der Waals surface area contributed by atoms with Gasteiger partial charge in [0.1, 0.15) is 0 Å². The van der Waals surface area contributed by atoms with Crippen LogP contribution in [0.15, 0.2) is 18.5 Å². The number of rotatable bonds is 6. The number of nitrogens with zero attached hydrogens (tertiary/aromatic N) is 4. The highest BCUT2D eigenvalue weighted by atomic mass is 16.2. The summed E-state index contributed by atoms with van der Waals surface area (Å²) in [4.78, 5) is 35.9. The molecule has 1 aliphatic rings. The number of amides is 2. The molecule has 0 unspecified atom stereocenters. The minimum Gasteiger partial charge on any atom is -0.347 e. The summed E-state index contributed by atoms with van der Waals surface area (Å²) in [5, 5.41) is 2.69. The highest BCUT2D eigenvalue weighted by molar-refractivity contribution is 5.84. The Morgan fingerprint density at radius 2 is 1.86 bits per heavy atom. The van der Waals surface area contributed by atoms with Crippen molar-refractivity contribution >= 4 is 17.8 Å². The summed E-state index contributed by atoms with van der Waals surface area (Å²) in [7, 11) is 0. The summed E-state index contributed by atoms with van der Waals surface area (Å²) in [5.41, 5.74) is 0. The summed E-state index contributed by atoms with van der Waals surface area (Å²) in [6.45, 7) is 4.79. The van der Waals surface area contributed by atoms with E-state index in [2.05, 4.69) is 20.2 Å². The minimum atomic E-state index is -0.0495. The van der Waals surface area contributed by atoms with Crippen molar-refractivity contribution in [1.82, 2.24) is 20.2 Å². The Hall–Kier alpha value is -2.18. The molecule has 0 atom stereocenters. The minimum absolute atomic E-state index is 0.0292. The fourth-order valence-corrected chi connectivity index (χ4v) is 2.32. The van der Waals surface area contributed by atoms with Gasteiger partial charge in [0.2, 0.25) is 17.8 Å². The van der Waals surface area contributed by atoms with Crippen molar-refractivity contribution in [1.29, 1.82) is 0 Å². The van der Waals surface area contributed by atoms with Gasteiger partial charge in [-0.25, -0.2) is 9.97 Å². The number of unbranched alkanes of at least 4 members (excludes halogenated alkanes) is 1. The third-order valence-electron chi connectivity index (χ3n) is 3.66. The van der Waals surface area contributed by atoms with Crippen molar-refractivity contribution in [3.05, 3.63) is 18.5 Å². The number of anilines is 1. The second kappa shape index (κ2) is 8.31. The number of hydrogen-bond acceptors (Lipinski definition) is 5. The maximum atomic E-state index is 12.1. The molecule has 0 bridgehead atoms. The van der Waals surface area contributed by atoms with E-state index >= 15 is 0 Å². The summed E-state index contributed by atoms with van der Waals surface area (Å²) in [6.07, 6.45) is 5.75. The van der Waals surface area contributed by atoms with Crippen molar-refractivity contribution in [3.63, 3.8) is 0 Å². The lowest BCUT2D eigenvalue weighted by Gasteiger charge is -2.34. The number of carbonyl (C=O) groups excluding carboxylic acids is 2. The first-order valence-electron chi connectivity index (χ1n) is 7.77. The molecule has 0 radical (unpaired) electrons. The van der Waals surface area contributed by atoms with Gasteiger partial charge >= 0.3 is 0 Å². The van der Waals surface area contributed by atoms with Crippen LogP contribution in [-0.4, -0.2) is 59.4 Å². The van der Waals surface area contributed by atoms with E-state index < -0.39 is 0 Å². The first-order chi connectivity index (χ1) is 10.7. The van der Waals surface area contributed by atoms with Gasteiger partial charge in [-0.1, -0.05) is 13.3 Å². The van der Waals surface area contributed by atoms with Crippen LogP contribution >= 0.6 is 0 Å². The molecular weight excluding hydrogens is 282 g/mol. The normalized spacial score (nSPS) is 14.8. The quantitative estimate of drug-likeness (QED) is 0.824. The Balaban J connectivity index is 1.72. The topological polar surface area (TPSA) is 78.4 Å². The average Bonchev–Trinajstić information content (AvgIpc) is 2.58. The van der Waals surface area contributed by atoms with Crippen molar-refractivity contribution in [3.8, 4) is 0 Å². The van der Waals surface area contributed by atoms with Crippen LogP contribution in [0, 0.1) is 0 Å². The molecule has 7 heteroatoms. The van der Waals surface area contributed by atoms with Crippen LogP contribution in [0.5, 0.6) is 0 Å². The van der Waals surface area contributed by atoms with E-state index in [0.717, 1.165) is 12.8 Å². The van der Waals surface area contributed by atoms with Crippen LogP contribution in [0.2, 0.25) is 0 Å². The molecule has 2 rings (SSSR count). The van der Waals surface area contributed by atoms with Crippen LogP contribution < -0.4 is 10.2 Å². The monoisotopic (exact) mass is 305 g/mol. The molecule has 1 aliphatic heterocycles. The molecule has 2 heterocycles. The number of nitrogens with one attached hydrogen (secondary N) is 1. The summed E-state index contributed by atoms with van der Waals surface area (Å²) >= 11 is 0. The van der Waals surface area contributed by atoms with Gasteiger partial charge < -0.3 is 15.1 Å². The Labute approximate surface area is 130 Å². The van der Waals surface area contributed by atoms with Gasteiger partial charge in [0, 0.05) is 45.0 Å². The van der Waals surface area contributed by atoms with Gasteiger partial charge in [-0.2, -0.15) is 0 Å². The SMILES string of the molecule is CCCCC(=O)NCC(=O)N1CCN(c2ncccn2)CC1. The van der Waals surface area contributed by atoms with Gasteiger partial charge in [-0.15, -0.1) is 0 Å². The lowest BCUT2D eigenvalue weighted by atomic mass is 10.2. The van der Waals surface area contributed by atoms with E-state index in [1.54, 1.807) is 23.4 Å². The second-order valence-electron chi connectivity index (χ2n) is 5.30. The zero-order chi connectivity index (χ0) is 15.8. The van der Waals surface area contributed by atoms with Crippen LogP contribution in [0.3, 0.4) is 0 Å². The van der Waals surface area contributed by atoms with Gasteiger partial charge in [0.05, 0.1) is 6.54 Å². The third-order valence-corrected chi connectivity index (χ3v) is 3.66. The lowest BCUT2D eigenvalue weighted by Crippen LogP contribution is -2.51. The van der Waals surface area contributed by atoms with Gasteiger partial charge in [0.15, 0.2) is 0 Å². The molecule has 1 fully saturated rings. The lowest BCUT2D eigenvalue weighted by molar-refractivity contribution is -0.133. The first-order valence-corrected chi connectivity index (χ1v) is 7.77. The maximum Gasteiger partial charge on any atom is 0.242 e. The highest BCUT2D eigenvalue weighted by Crippen LogP contribution is 2.09. The Bertz CT molecular complexity index is 486. The average molecular weight is 305 g/mol. The Morgan fingerprint density at radius 3 is 2.50 bits per heavy atom. The first kappa shape index (κ1) is 16.2. The van der Waals surface area contributed by atoms with Crippen molar-refractivity contribution in [2.24, 2.45) is 0 Å². The van der Waals surface area contributed by atoms with Crippen LogP contribution in [0.1, 0.15) is 26.2 Å². The maximum absolute atomic E-state index is 12.1. The van der Waals surface area contributed by atoms with E-state index in [4.69, 9.17) is 0 Å². The van der Waals surface area contributed by atoms with E-state index in [-0.39, 0.29) is 18.4 Å². The second-order valence-corrected chi connectivity index (χ2v) is 5.30. The fourth-order valence-electron chi connectivity index (χ4n) is 2.32. The van der Waals surface area contributed by atoms with Crippen molar-refractivity contribution in [2.45, 2.75) is 26.2 Å². The number of hydrogen-bond donors (Lipinski definition) is 1. The summed E-state index contributed by atoms with van der Waals surface area (Å²) in [5.74, 6) is 0.618. The number of piperazine rings is 1. The van der Waals surface area contributed by atoms with E-state index in [1.165, 1.54) is 0 Å². The molecule has 1 N–H and O–H groups in total. The van der Waals surface area contributed by atoms with Crippen LogP contribution in [0.25, 0.3) is 0 Å². The van der Waals surface area contributed by atoms with Gasteiger partial charge in [0.25, 0.3) is 0 Å². The molecule has 22 heavy (non-hydrogen) atoms. The molecule has 1 saturated heterocycles. The van der Waals surface area contributed by atoms with Gasteiger partial charge in [-0.05, 0) is 12.5 Å². The predicted molar refractivity (Wildman–Crippen MR) is 83.4 cm³/mol. The number of carbonyl (C=O) groups is 2. The largest absolute Gasteiger partial charge is 0.347 e. The summed E-state index contributed by atoms with van der Waals surface area (Å²) < 4.78 is 0. The van der Waals surface area contributed by atoms with E-state index in [0.29, 0.717) is 38.5 Å². The molecule has 0 aromatic carbocycles. The molecule has 7 nitrogen and oxygen atoms in total. The Kier molecular flexibility index (Phi) is 6.12. The fraction of sp³-hybridized carbons (Fsp3) is 0.600. The van der Waals surface area contributed by atoms with Crippen molar-refractivity contribution < 1.29 is 9.59 Å². The zero-order valence-electron chi connectivity index (χ0n) is 13.0. The van der Waals surface area contributed by atoms with Gasteiger partial charge in [-0.3, -0.25) is 9.59 Å².